The summed E-state index contributed by atoms with van der Waals surface area (Å²) in [4.78, 5) is 0. The van der Waals surface area contributed by atoms with Crippen LogP contribution >= 0.6 is 0 Å². The van der Waals surface area contributed by atoms with Crippen LogP contribution in [-0.4, -0.2) is 0 Å². The Morgan fingerprint density at radius 1 is 1.17 bits per heavy atom. The zero-order valence-electron chi connectivity index (χ0n) is 6.64. The van der Waals surface area contributed by atoms with Crippen molar-refractivity contribution in [3.8, 4) is 0 Å². The molecule has 0 bridgehead atoms. The lowest BCUT2D eigenvalue weighted by molar-refractivity contribution is 1.07. The van der Waals surface area contributed by atoms with Crippen LogP contribution in [-0.2, 0) is 0 Å². The van der Waals surface area contributed by atoms with Crippen molar-refractivity contribution in [2.45, 2.75) is 0 Å². The van der Waals surface area contributed by atoms with E-state index in [4.69, 9.17) is 17.3 Å². The molecule has 0 aromatic heterocycles. The molecule has 6 N–H and O–H groups in total. The second kappa shape index (κ2) is 3.64. The summed E-state index contributed by atoms with van der Waals surface area (Å²) in [6.07, 6.45) is 2.93. The standard InChI is InChI=1S/C8H12N4/c9-5-6-12(11)8-3-1-7(10)2-4-8/h1-6H,9-11H2/b6-5-. The summed E-state index contributed by atoms with van der Waals surface area (Å²) in [5.74, 6) is 5.58. The molecule has 0 radical (unpaired) electrons. The minimum absolute atomic E-state index is 0.712. The number of nitrogens with two attached hydrogens (primary N) is 3. The first-order valence-corrected chi connectivity index (χ1v) is 3.52. The molecule has 0 atom stereocenters. The van der Waals surface area contributed by atoms with Crippen LogP contribution in [0.15, 0.2) is 36.7 Å². The van der Waals surface area contributed by atoms with Gasteiger partial charge in [0.2, 0.25) is 0 Å². The van der Waals surface area contributed by atoms with Crippen LogP contribution in [0, 0.1) is 0 Å². The maximum Gasteiger partial charge on any atom is 0.0570 e. The summed E-state index contributed by atoms with van der Waals surface area (Å²) in [6, 6.07) is 7.18. The van der Waals surface area contributed by atoms with E-state index in [0.717, 1.165) is 5.69 Å². The highest BCUT2D eigenvalue weighted by Crippen LogP contribution is 2.13. The first kappa shape index (κ1) is 8.42. The molecule has 0 saturated carbocycles. The molecule has 0 aliphatic heterocycles. The third kappa shape index (κ3) is 1.90. The Morgan fingerprint density at radius 2 is 1.75 bits per heavy atom. The summed E-state index contributed by atoms with van der Waals surface area (Å²) in [7, 11) is 0. The Labute approximate surface area is 71.2 Å². The highest BCUT2D eigenvalue weighted by Gasteiger charge is 1.94. The lowest BCUT2D eigenvalue weighted by atomic mass is 10.3. The fourth-order valence-corrected chi connectivity index (χ4v) is 0.825. The van der Waals surface area contributed by atoms with Gasteiger partial charge in [-0.15, -0.1) is 0 Å². The van der Waals surface area contributed by atoms with E-state index in [2.05, 4.69) is 0 Å². The molecule has 0 aliphatic rings. The molecule has 1 aromatic rings. The Bertz CT molecular complexity index is 265. The topological polar surface area (TPSA) is 81.3 Å². The van der Waals surface area contributed by atoms with E-state index in [1.54, 1.807) is 18.3 Å². The Balaban J connectivity index is 2.82. The lowest BCUT2D eigenvalue weighted by Gasteiger charge is -2.12. The van der Waals surface area contributed by atoms with E-state index >= 15 is 0 Å². The minimum Gasteiger partial charge on any atom is -0.403 e. The van der Waals surface area contributed by atoms with E-state index in [-0.39, 0.29) is 0 Å². The molecule has 1 rings (SSSR count). The van der Waals surface area contributed by atoms with Gasteiger partial charge >= 0.3 is 0 Å². The molecule has 0 unspecified atom stereocenters. The van der Waals surface area contributed by atoms with Crippen molar-refractivity contribution >= 4 is 11.4 Å². The third-order valence-electron chi connectivity index (χ3n) is 1.44. The molecule has 12 heavy (non-hydrogen) atoms. The number of nitrogen functional groups attached to an aromatic ring is 1. The number of hydrogen-bond donors (Lipinski definition) is 3. The van der Waals surface area contributed by atoms with Crippen LogP contribution in [0.3, 0.4) is 0 Å². The van der Waals surface area contributed by atoms with Gasteiger partial charge in [0.25, 0.3) is 0 Å². The molecule has 0 fully saturated rings. The lowest BCUT2D eigenvalue weighted by Crippen LogP contribution is -2.24. The van der Waals surface area contributed by atoms with Gasteiger partial charge in [-0.05, 0) is 24.3 Å². The van der Waals surface area contributed by atoms with Crippen molar-refractivity contribution in [1.29, 1.82) is 0 Å². The minimum atomic E-state index is 0.712. The normalized spacial score (nSPS) is 10.4. The average Bonchev–Trinajstić information content (AvgIpc) is 2.06. The van der Waals surface area contributed by atoms with Gasteiger partial charge in [-0.25, -0.2) is 5.84 Å². The molecule has 0 spiro atoms. The smallest absolute Gasteiger partial charge is 0.0570 e. The number of nitrogens with zero attached hydrogens (tertiary/aromatic N) is 1. The largest absolute Gasteiger partial charge is 0.403 e. The SMILES string of the molecule is N/C=C\N(N)c1ccc(N)cc1. The Morgan fingerprint density at radius 3 is 2.25 bits per heavy atom. The number of hydrogen-bond acceptors (Lipinski definition) is 4. The number of anilines is 2. The maximum atomic E-state index is 5.58. The van der Waals surface area contributed by atoms with Gasteiger partial charge < -0.3 is 11.5 Å². The van der Waals surface area contributed by atoms with Crippen molar-refractivity contribution in [1.82, 2.24) is 0 Å². The fraction of sp³-hybridized carbons (Fsp3) is 0. The van der Waals surface area contributed by atoms with Gasteiger partial charge in [0.1, 0.15) is 0 Å². The molecular weight excluding hydrogens is 152 g/mol. The third-order valence-corrected chi connectivity index (χ3v) is 1.44. The zero-order chi connectivity index (χ0) is 8.97. The molecular formula is C8H12N4. The summed E-state index contributed by atoms with van der Waals surface area (Å²) >= 11 is 0. The van der Waals surface area contributed by atoms with Crippen LogP contribution in [0.5, 0.6) is 0 Å². The number of rotatable bonds is 2. The quantitative estimate of drug-likeness (QED) is 0.335. The van der Waals surface area contributed by atoms with Crippen molar-refractivity contribution in [2.24, 2.45) is 11.6 Å². The molecule has 1 aromatic carbocycles. The molecule has 4 nitrogen and oxygen atoms in total. The monoisotopic (exact) mass is 164 g/mol. The van der Waals surface area contributed by atoms with Gasteiger partial charge in [-0.2, -0.15) is 0 Å². The van der Waals surface area contributed by atoms with E-state index in [1.165, 1.54) is 11.2 Å². The maximum absolute atomic E-state index is 5.58. The van der Waals surface area contributed by atoms with Crippen LogP contribution in [0.2, 0.25) is 0 Å². The molecule has 0 amide bonds. The highest BCUT2D eigenvalue weighted by atomic mass is 15.4. The van der Waals surface area contributed by atoms with Crippen LogP contribution in [0.4, 0.5) is 11.4 Å². The molecule has 64 valence electrons. The van der Waals surface area contributed by atoms with Crippen LogP contribution in [0.1, 0.15) is 0 Å². The summed E-state index contributed by atoms with van der Waals surface area (Å²) in [5, 5.41) is 1.42. The van der Waals surface area contributed by atoms with Crippen LogP contribution in [0.25, 0.3) is 0 Å². The number of benzene rings is 1. The fourth-order valence-electron chi connectivity index (χ4n) is 0.825. The molecule has 0 saturated heterocycles. The van der Waals surface area contributed by atoms with E-state index < -0.39 is 0 Å². The second-order valence-corrected chi connectivity index (χ2v) is 2.34. The summed E-state index contributed by atoms with van der Waals surface area (Å²) in [5.41, 5.74) is 12.2. The summed E-state index contributed by atoms with van der Waals surface area (Å²) < 4.78 is 0. The van der Waals surface area contributed by atoms with Crippen molar-refractivity contribution in [3.63, 3.8) is 0 Å². The van der Waals surface area contributed by atoms with Crippen molar-refractivity contribution < 1.29 is 0 Å². The molecule has 0 aliphatic carbocycles. The van der Waals surface area contributed by atoms with Crippen molar-refractivity contribution in [3.05, 3.63) is 36.7 Å². The van der Waals surface area contributed by atoms with Gasteiger partial charge in [0, 0.05) is 18.1 Å². The van der Waals surface area contributed by atoms with E-state index in [9.17, 15) is 0 Å². The number of hydrazine groups is 1. The van der Waals surface area contributed by atoms with Gasteiger partial charge in [-0.1, -0.05) is 0 Å². The zero-order valence-corrected chi connectivity index (χ0v) is 6.64. The Hall–Kier alpha value is -1.68. The van der Waals surface area contributed by atoms with Crippen LogP contribution < -0.4 is 22.3 Å². The highest BCUT2D eigenvalue weighted by molar-refractivity contribution is 5.53. The van der Waals surface area contributed by atoms with Gasteiger partial charge in [-0.3, -0.25) is 5.01 Å². The van der Waals surface area contributed by atoms with E-state index in [1.807, 2.05) is 12.1 Å². The average molecular weight is 164 g/mol. The predicted molar refractivity (Wildman–Crippen MR) is 50.8 cm³/mol. The van der Waals surface area contributed by atoms with Gasteiger partial charge in [0.15, 0.2) is 0 Å². The first-order chi connectivity index (χ1) is 5.74. The molecule has 4 heteroatoms. The predicted octanol–water partition coefficient (Wildman–Crippen LogP) is 0.379. The van der Waals surface area contributed by atoms with Gasteiger partial charge in [0.05, 0.1) is 5.69 Å². The van der Waals surface area contributed by atoms with Crippen molar-refractivity contribution in [2.75, 3.05) is 10.7 Å². The Kier molecular flexibility index (Phi) is 2.55. The first-order valence-electron chi connectivity index (χ1n) is 3.52. The molecule has 0 heterocycles. The summed E-state index contributed by atoms with van der Waals surface area (Å²) in [6.45, 7) is 0. The van der Waals surface area contributed by atoms with E-state index in [0.29, 0.717) is 5.69 Å². The second-order valence-electron chi connectivity index (χ2n) is 2.34.